The standard InChI is InChI=1S/C11H10Br2O3/c1-6(12)11(16)8-4-2-3-7(10(8)13)5-9(14)15/h2-4,6H,5H2,1H3,(H,14,15). The number of aliphatic carboxylic acids is 1. The minimum absolute atomic E-state index is 0.0703. The molecule has 0 aliphatic carbocycles. The summed E-state index contributed by atoms with van der Waals surface area (Å²) in [5.74, 6) is -0.990. The van der Waals surface area contributed by atoms with Crippen LogP contribution in [0.15, 0.2) is 22.7 Å². The second-order valence-electron chi connectivity index (χ2n) is 3.33. The molecule has 0 saturated heterocycles. The number of alkyl halides is 1. The normalized spacial score (nSPS) is 12.2. The summed E-state index contributed by atoms with van der Waals surface area (Å²) in [7, 11) is 0. The number of ketones is 1. The van der Waals surface area contributed by atoms with E-state index in [1.807, 2.05) is 0 Å². The number of Topliss-reactive ketones (excluding diaryl/α,β-unsaturated/α-hetero) is 1. The van der Waals surface area contributed by atoms with Gasteiger partial charge in [0.25, 0.3) is 0 Å². The van der Waals surface area contributed by atoms with Gasteiger partial charge in [0, 0.05) is 10.0 Å². The van der Waals surface area contributed by atoms with Crippen molar-refractivity contribution in [1.82, 2.24) is 0 Å². The number of hydrogen-bond donors (Lipinski definition) is 1. The van der Waals surface area contributed by atoms with E-state index in [1.165, 1.54) is 0 Å². The summed E-state index contributed by atoms with van der Waals surface area (Å²) in [6.45, 7) is 1.73. The van der Waals surface area contributed by atoms with Crippen molar-refractivity contribution in [2.45, 2.75) is 18.2 Å². The van der Waals surface area contributed by atoms with E-state index in [0.29, 0.717) is 15.6 Å². The molecule has 1 aromatic rings. The van der Waals surface area contributed by atoms with E-state index in [1.54, 1.807) is 25.1 Å². The molecule has 1 rings (SSSR count). The molecule has 0 bridgehead atoms. The first-order valence-corrected chi connectivity index (χ1v) is 6.31. The van der Waals surface area contributed by atoms with Crippen LogP contribution < -0.4 is 0 Å². The number of hydrogen-bond acceptors (Lipinski definition) is 2. The molecular weight excluding hydrogens is 340 g/mol. The summed E-state index contributed by atoms with van der Waals surface area (Å²) in [6, 6.07) is 5.05. The summed E-state index contributed by atoms with van der Waals surface area (Å²) in [5.41, 5.74) is 1.11. The Bertz CT molecular complexity index is 427. The molecule has 0 radical (unpaired) electrons. The average Bonchev–Trinajstić information content (AvgIpc) is 2.19. The largest absolute Gasteiger partial charge is 0.481 e. The highest BCUT2D eigenvalue weighted by molar-refractivity contribution is 9.10. The minimum atomic E-state index is -0.919. The summed E-state index contributed by atoms with van der Waals surface area (Å²) in [5, 5.41) is 8.72. The lowest BCUT2D eigenvalue weighted by Crippen LogP contribution is -2.12. The van der Waals surface area contributed by atoms with Crippen molar-refractivity contribution in [2.75, 3.05) is 0 Å². The molecule has 1 unspecified atom stereocenters. The number of halogens is 2. The van der Waals surface area contributed by atoms with Gasteiger partial charge in [-0.2, -0.15) is 0 Å². The molecule has 5 heteroatoms. The minimum Gasteiger partial charge on any atom is -0.481 e. The fourth-order valence-corrected chi connectivity index (χ4v) is 2.13. The van der Waals surface area contributed by atoms with Crippen LogP contribution >= 0.6 is 31.9 Å². The Morgan fingerprint density at radius 1 is 1.44 bits per heavy atom. The molecule has 86 valence electrons. The smallest absolute Gasteiger partial charge is 0.307 e. The Kier molecular flexibility index (Phi) is 4.68. The van der Waals surface area contributed by atoms with Crippen molar-refractivity contribution < 1.29 is 14.7 Å². The first-order valence-electron chi connectivity index (χ1n) is 4.61. The molecule has 3 nitrogen and oxygen atoms in total. The van der Waals surface area contributed by atoms with Crippen molar-refractivity contribution >= 4 is 43.6 Å². The van der Waals surface area contributed by atoms with Gasteiger partial charge in [0.15, 0.2) is 5.78 Å². The van der Waals surface area contributed by atoms with E-state index in [9.17, 15) is 9.59 Å². The molecule has 0 aliphatic rings. The van der Waals surface area contributed by atoms with Crippen LogP contribution in [0.25, 0.3) is 0 Å². The highest BCUT2D eigenvalue weighted by atomic mass is 79.9. The molecule has 0 aromatic heterocycles. The van der Waals surface area contributed by atoms with Gasteiger partial charge < -0.3 is 5.11 Å². The van der Waals surface area contributed by atoms with E-state index in [4.69, 9.17) is 5.11 Å². The topological polar surface area (TPSA) is 54.4 Å². The van der Waals surface area contributed by atoms with Crippen LogP contribution in [0.1, 0.15) is 22.8 Å². The zero-order valence-electron chi connectivity index (χ0n) is 8.54. The second-order valence-corrected chi connectivity index (χ2v) is 5.50. The molecular formula is C11H10Br2O3. The van der Waals surface area contributed by atoms with Crippen LogP contribution in [-0.2, 0) is 11.2 Å². The Labute approximate surface area is 110 Å². The van der Waals surface area contributed by atoms with Crippen LogP contribution in [0.4, 0.5) is 0 Å². The van der Waals surface area contributed by atoms with Crippen molar-refractivity contribution in [1.29, 1.82) is 0 Å². The van der Waals surface area contributed by atoms with Gasteiger partial charge in [-0.25, -0.2) is 0 Å². The zero-order valence-corrected chi connectivity index (χ0v) is 11.7. The molecule has 0 amide bonds. The van der Waals surface area contributed by atoms with Crippen LogP contribution in [0.2, 0.25) is 0 Å². The van der Waals surface area contributed by atoms with Gasteiger partial charge in [0.2, 0.25) is 0 Å². The fraction of sp³-hybridized carbons (Fsp3) is 0.273. The first kappa shape index (κ1) is 13.4. The predicted octanol–water partition coefficient (Wildman–Crippen LogP) is 3.04. The van der Waals surface area contributed by atoms with E-state index < -0.39 is 5.97 Å². The Balaban J connectivity index is 3.13. The quantitative estimate of drug-likeness (QED) is 0.671. The van der Waals surface area contributed by atoms with Gasteiger partial charge >= 0.3 is 5.97 Å². The van der Waals surface area contributed by atoms with Crippen LogP contribution in [0, 0.1) is 0 Å². The highest BCUT2D eigenvalue weighted by Gasteiger charge is 2.17. The predicted molar refractivity (Wildman–Crippen MR) is 68.2 cm³/mol. The van der Waals surface area contributed by atoms with E-state index in [0.717, 1.165) is 0 Å². The van der Waals surface area contributed by atoms with Gasteiger partial charge in [0.05, 0.1) is 11.2 Å². The maximum atomic E-state index is 11.8. The van der Waals surface area contributed by atoms with Crippen molar-refractivity contribution in [3.63, 3.8) is 0 Å². The molecule has 1 atom stereocenters. The molecule has 0 saturated carbocycles. The van der Waals surface area contributed by atoms with E-state index in [-0.39, 0.29) is 17.0 Å². The van der Waals surface area contributed by atoms with Gasteiger partial charge in [-0.1, -0.05) is 34.1 Å². The number of carbonyl (C=O) groups is 2. The third kappa shape index (κ3) is 3.15. The molecule has 16 heavy (non-hydrogen) atoms. The lowest BCUT2D eigenvalue weighted by atomic mass is 10.0. The first-order chi connectivity index (χ1) is 7.43. The molecule has 0 aliphatic heterocycles. The number of rotatable bonds is 4. The third-order valence-corrected chi connectivity index (χ3v) is 3.40. The molecule has 0 fully saturated rings. The van der Waals surface area contributed by atoms with Crippen molar-refractivity contribution in [3.05, 3.63) is 33.8 Å². The monoisotopic (exact) mass is 348 g/mol. The molecule has 0 heterocycles. The molecule has 1 N–H and O–H groups in total. The van der Waals surface area contributed by atoms with Gasteiger partial charge in [-0.05, 0) is 28.4 Å². The van der Waals surface area contributed by atoms with Crippen LogP contribution in [0.5, 0.6) is 0 Å². The Morgan fingerprint density at radius 3 is 2.56 bits per heavy atom. The maximum absolute atomic E-state index is 11.8. The van der Waals surface area contributed by atoms with Crippen LogP contribution in [0.3, 0.4) is 0 Å². The number of carboxylic acids is 1. The van der Waals surface area contributed by atoms with E-state index >= 15 is 0 Å². The third-order valence-electron chi connectivity index (χ3n) is 2.05. The zero-order chi connectivity index (χ0) is 12.3. The fourth-order valence-electron chi connectivity index (χ4n) is 1.28. The van der Waals surface area contributed by atoms with Gasteiger partial charge in [-0.3, -0.25) is 9.59 Å². The van der Waals surface area contributed by atoms with Crippen LogP contribution in [-0.4, -0.2) is 21.7 Å². The summed E-state index contributed by atoms with van der Waals surface area (Å²) in [4.78, 5) is 22.1. The van der Waals surface area contributed by atoms with Gasteiger partial charge in [0.1, 0.15) is 0 Å². The molecule has 1 aromatic carbocycles. The molecule has 0 spiro atoms. The Morgan fingerprint density at radius 2 is 2.06 bits per heavy atom. The highest BCUT2D eigenvalue weighted by Crippen LogP contribution is 2.24. The number of benzene rings is 1. The van der Waals surface area contributed by atoms with E-state index in [2.05, 4.69) is 31.9 Å². The van der Waals surface area contributed by atoms with Gasteiger partial charge in [-0.15, -0.1) is 0 Å². The lowest BCUT2D eigenvalue weighted by Gasteiger charge is -2.08. The van der Waals surface area contributed by atoms with Crippen molar-refractivity contribution in [2.24, 2.45) is 0 Å². The average molecular weight is 350 g/mol. The lowest BCUT2D eigenvalue weighted by molar-refractivity contribution is -0.136. The summed E-state index contributed by atoms with van der Waals surface area (Å²) >= 11 is 6.47. The summed E-state index contributed by atoms with van der Waals surface area (Å²) in [6.07, 6.45) is -0.0988. The number of carbonyl (C=O) groups excluding carboxylic acids is 1. The Hall–Kier alpha value is -0.680. The number of carboxylic acid groups (broad SMARTS) is 1. The summed E-state index contributed by atoms with van der Waals surface area (Å²) < 4.78 is 0.564. The maximum Gasteiger partial charge on any atom is 0.307 e. The SMILES string of the molecule is CC(Br)C(=O)c1cccc(CC(=O)O)c1Br. The second kappa shape index (κ2) is 5.59. The van der Waals surface area contributed by atoms with Crippen molar-refractivity contribution in [3.8, 4) is 0 Å².